The number of rotatable bonds is 4. The highest BCUT2D eigenvalue weighted by atomic mass is 15.0. The van der Waals surface area contributed by atoms with Crippen LogP contribution >= 0.6 is 0 Å². The van der Waals surface area contributed by atoms with Gasteiger partial charge >= 0.3 is 0 Å². The third-order valence-corrected chi connectivity index (χ3v) is 3.06. The van der Waals surface area contributed by atoms with Crippen LogP contribution in [0.4, 0.5) is 5.69 Å². The highest BCUT2D eigenvalue weighted by molar-refractivity contribution is 5.94. The number of anilines is 1. The second kappa shape index (κ2) is 4.80. The van der Waals surface area contributed by atoms with Gasteiger partial charge in [-0.15, -0.1) is 0 Å². The minimum Gasteiger partial charge on any atom is -0.398 e. The number of aryl methyl sites for hydroxylation is 1. The zero-order chi connectivity index (χ0) is 12.4. The Labute approximate surface area is 103 Å². The lowest BCUT2D eigenvalue weighted by Crippen LogP contribution is -2.21. The van der Waals surface area contributed by atoms with Gasteiger partial charge in [0.25, 0.3) is 0 Å². The number of fused-ring (bicyclic) bond motifs is 1. The molecule has 17 heavy (non-hydrogen) atoms. The van der Waals surface area contributed by atoms with Gasteiger partial charge in [0.15, 0.2) is 0 Å². The number of nitrogens with two attached hydrogens (primary N) is 1. The van der Waals surface area contributed by atoms with E-state index in [1.807, 2.05) is 12.1 Å². The molecule has 0 amide bonds. The van der Waals surface area contributed by atoms with Crippen molar-refractivity contribution in [3.05, 3.63) is 30.0 Å². The molecule has 1 aromatic heterocycles. The molecule has 92 valence electrons. The van der Waals surface area contributed by atoms with Crippen molar-refractivity contribution in [1.29, 1.82) is 0 Å². The number of hydrogen-bond acceptors (Lipinski definition) is 2. The number of nitrogens with one attached hydrogen (secondary N) is 1. The molecule has 0 unspecified atom stereocenters. The summed E-state index contributed by atoms with van der Waals surface area (Å²) in [6, 6.07) is 6.61. The van der Waals surface area contributed by atoms with Crippen LogP contribution in [0.25, 0.3) is 10.9 Å². The summed E-state index contributed by atoms with van der Waals surface area (Å²) in [4.78, 5) is 0. The number of aromatic nitrogens is 1. The van der Waals surface area contributed by atoms with Crippen molar-refractivity contribution < 1.29 is 0 Å². The van der Waals surface area contributed by atoms with Crippen LogP contribution in [-0.2, 0) is 13.1 Å². The quantitative estimate of drug-likeness (QED) is 0.795. The highest BCUT2D eigenvalue weighted by Gasteiger charge is 2.10. The zero-order valence-corrected chi connectivity index (χ0v) is 10.8. The molecule has 0 aliphatic heterocycles. The molecule has 0 bridgehead atoms. The third-order valence-electron chi connectivity index (χ3n) is 3.06. The summed E-state index contributed by atoms with van der Waals surface area (Å²) in [6.45, 7) is 8.31. The van der Waals surface area contributed by atoms with Crippen LogP contribution in [0.3, 0.4) is 0 Å². The average molecular weight is 231 g/mol. The lowest BCUT2D eigenvalue weighted by Gasteiger charge is -2.07. The summed E-state index contributed by atoms with van der Waals surface area (Å²) in [7, 11) is 0. The molecule has 3 heteroatoms. The van der Waals surface area contributed by atoms with Crippen molar-refractivity contribution in [2.45, 2.75) is 39.9 Å². The fraction of sp³-hybridized carbons (Fsp3) is 0.429. The van der Waals surface area contributed by atoms with Gasteiger partial charge in [0, 0.05) is 36.4 Å². The SMILES string of the molecule is CCn1cc(CNC(C)C)c2c(N)cccc21. The maximum absolute atomic E-state index is 6.09. The number of nitrogen functional groups attached to an aromatic ring is 1. The van der Waals surface area contributed by atoms with Gasteiger partial charge < -0.3 is 15.6 Å². The van der Waals surface area contributed by atoms with Crippen molar-refractivity contribution in [2.75, 3.05) is 5.73 Å². The maximum Gasteiger partial charge on any atom is 0.0504 e. The van der Waals surface area contributed by atoms with Crippen LogP contribution in [0.15, 0.2) is 24.4 Å². The summed E-state index contributed by atoms with van der Waals surface area (Å²) < 4.78 is 2.25. The molecule has 0 saturated heterocycles. The maximum atomic E-state index is 6.09. The van der Waals surface area contributed by atoms with E-state index in [1.54, 1.807) is 0 Å². The predicted molar refractivity (Wildman–Crippen MR) is 74.0 cm³/mol. The first-order valence-corrected chi connectivity index (χ1v) is 6.23. The predicted octanol–water partition coefficient (Wildman–Crippen LogP) is 2.74. The van der Waals surface area contributed by atoms with Crippen LogP contribution < -0.4 is 11.1 Å². The first-order chi connectivity index (χ1) is 8.13. The van der Waals surface area contributed by atoms with Crippen LogP contribution in [0.2, 0.25) is 0 Å². The largest absolute Gasteiger partial charge is 0.398 e. The lowest BCUT2D eigenvalue weighted by atomic mass is 10.1. The van der Waals surface area contributed by atoms with Gasteiger partial charge in [-0.2, -0.15) is 0 Å². The van der Waals surface area contributed by atoms with Crippen molar-refractivity contribution >= 4 is 16.6 Å². The standard InChI is InChI=1S/C14H21N3/c1-4-17-9-11(8-16-10(2)3)14-12(15)6-5-7-13(14)17/h5-7,9-10,16H,4,8,15H2,1-3H3. The van der Waals surface area contributed by atoms with Crippen LogP contribution in [0.1, 0.15) is 26.3 Å². The third kappa shape index (κ3) is 2.29. The zero-order valence-electron chi connectivity index (χ0n) is 10.8. The molecule has 1 aromatic carbocycles. The minimum absolute atomic E-state index is 0.486. The van der Waals surface area contributed by atoms with E-state index < -0.39 is 0 Å². The topological polar surface area (TPSA) is 43.0 Å². The van der Waals surface area contributed by atoms with E-state index in [0.29, 0.717) is 6.04 Å². The summed E-state index contributed by atoms with van der Waals surface area (Å²) in [5, 5.41) is 4.65. The van der Waals surface area contributed by atoms with Gasteiger partial charge in [-0.05, 0) is 24.6 Å². The molecule has 0 aliphatic rings. The van der Waals surface area contributed by atoms with E-state index >= 15 is 0 Å². The fourth-order valence-corrected chi connectivity index (χ4v) is 2.18. The van der Waals surface area contributed by atoms with Crippen LogP contribution in [0.5, 0.6) is 0 Å². The molecule has 3 N–H and O–H groups in total. The number of benzene rings is 1. The number of nitrogens with zero attached hydrogens (tertiary/aromatic N) is 1. The monoisotopic (exact) mass is 231 g/mol. The van der Waals surface area contributed by atoms with E-state index in [4.69, 9.17) is 5.73 Å². The van der Waals surface area contributed by atoms with Crippen molar-refractivity contribution in [3.8, 4) is 0 Å². The van der Waals surface area contributed by atoms with E-state index in [-0.39, 0.29) is 0 Å². The van der Waals surface area contributed by atoms with Gasteiger partial charge in [0.2, 0.25) is 0 Å². The molecule has 1 heterocycles. The van der Waals surface area contributed by atoms with Gasteiger partial charge in [-0.1, -0.05) is 19.9 Å². The number of hydrogen-bond donors (Lipinski definition) is 2. The van der Waals surface area contributed by atoms with Gasteiger partial charge in [-0.25, -0.2) is 0 Å². The molecule has 3 nitrogen and oxygen atoms in total. The Kier molecular flexibility index (Phi) is 3.38. The van der Waals surface area contributed by atoms with E-state index in [2.05, 4.69) is 42.9 Å². The fourth-order valence-electron chi connectivity index (χ4n) is 2.18. The van der Waals surface area contributed by atoms with E-state index in [0.717, 1.165) is 18.8 Å². The van der Waals surface area contributed by atoms with Crippen LogP contribution in [0, 0.1) is 0 Å². The molecule has 0 radical (unpaired) electrons. The normalized spacial score (nSPS) is 11.5. The molecule has 0 atom stereocenters. The first kappa shape index (κ1) is 12.0. The van der Waals surface area contributed by atoms with E-state index in [9.17, 15) is 0 Å². The second-order valence-corrected chi connectivity index (χ2v) is 4.72. The molecule has 2 aromatic rings. The summed E-state index contributed by atoms with van der Waals surface area (Å²) in [5.74, 6) is 0. The van der Waals surface area contributed by atoms with Gasteiger partial charge in [0.05, 0.1) is 5.52 Å². The summed E-state index contributed by atoms with van der Waals surface area (Å²) in [5.41, 5.74) is 9.48. The van der Waals surface area contributed by atoms with E-state index in [1.165, 1.54) is 16.5 Å². The Bertz CT molecular complexity index is 511. The Morgan fingerprint density at radius 1 is 1.35 bits per heavy atom. The molecule has 2 rings (SSSR count). The Morgan fingerprint density at radius 3 is 2.76 bits per heavy atom. The summed E-state index contributed by atoms with van der Waals surface area (Å²) in [6.07, 6.45) is 2.20. The average Bonchev–Trinajstić information content (AvgIpc) is 2.66. The molecular weight excluding hydrogens is 210 g/mol. The Hall–Kier alpha value is -1.48. The minimum atomic E-state index is 0.486. The van der Waals surface area contributed by atoms with Crippen LogP contribution in [-0.4, -0.2) is 10.6 Å². The Balaban J connectivity index is 2.47. The first-order valence-electron chi connectivity index (χ1n) is 6.23. The smallest absolute Gasteiger partial charge is 0.0504 e. The van der Waals surface area contributed by atoms with Gasteiger partial charge in [-0.3, -0.25) is 0 Å². The van der Waals surface area contributed by atoms with Crippen molar-refractivity contribution in [1.82, 2.24) is 9.88 Å². The van der Waals surface area contributed by atoms with Crippen molar-refractivity contribution in [2.24, 2.45) is 0 Å². The molecule has 0 saturated carbocycles. The van der Waals surface area contributed by atoms with Crippen molar-refractivity contribution in [3.63, 3.8) is 0 Å². The second-order valence-electron chi connectivity index (χ2n) is 4.72. The Morgan fingerprint density at radius 2 is 2.12 bits per heavy atom. The van der Waals surface area contributed by atoms with Gasteiger partial charge in [0.1, 0.15) is 0 Å². The molecule has 0 fully saturated rings. The summed E-state index contributed by atoms with van der Waals surface area (Å²) >= 11 is 0. The molecular formula is C14H21N3. The highest BCUT2D eigenvalue weighted by Crippen LogP contribution is 2.27. The molecule has 0 aliphatic carbocycles. The lowest BCUT2D eigenvalue weighted by molar-refractivity contribution is 0.589. The molecule has 0 spiro atoms.